The van der Waals surface area contributed by atoms with E-state index in [1.165, 1.54) is 22.9 Å². The van der Waals surface area contributed by atoms with E-state index < -0.39 is 10.9 Å². The van der Waals surface area contributed by atoms with E-state index in [4.69, 9.17) is 4.74 Å². The Kier molecular flexibility index (Phi) is 6.70. The number of hydrogen-bond acceptors (Lipinski definition) is 10. The highest BCUT2D eigenvalue weighted by Crippen LogP contribution is 2.22. The molecule has 0 unspecified atom stereocenters. The van der Waals surface area contributed by atoms with Crippen molar-refractivity contribution in [2.45, 2.75) is 19.0 Å². The maximum atomic E-state index is 12.4. The van der Waals surface area contributed by atoms with E-state index in [1.807, 2.05) is 31.2 Å². The van der Waals surface area contributed by atoms with E-state index in [9.17, 15) is 14.9 Å². The summed E-state index contributed by atoms with van der Waals surface area (Å²) in [4.78, 5) is 22.8. The maximum Gasteiger partial charge on any atom is 0.365 e. The van der Waals surface area contributed by atoms with Gasteiger partial charge >= 0.3 is 5.97 Å². The van der Waals surface area contributed by atoms with Crippen LogP contribution in [0, 0.1) is 17.0 Å². The molecular formula is C18H17N7O4S. The normalized spacial score (nSPS) is 11.2. The zero-order chi connectivity index (χ0) is 21.5. The fraction of sp³-hybridized carbons (Fsp3) is 0.167. The van der Waals surface area contributed by atoms with Gasteiger partial charge in [-0.2, -0.15) is 9.78 Å². The number of nitrogens with zero attached hydrogens (tertiary/aromatic N) is 6. The summed E-state index contributed by atoms with van der Waals surface area (Å²) in [5.41, 5.74) is 4.66. The average Bonchev–Trinajstić information content (AvgIpc) is 3.20. The smallest absolute Gasteiger partial charge is 0.365 e. The van der Waals surface area contributed by atoms with Crippen molar-refractivity contribution < 1.29 is 14.5 Å². The van der Waals surface area contributed by atoms with Crippen LogP contribution in [0.4, 0.5) is 11.4 Å². The predicted molar refractivity (Wildman–Crippen MR) is 111 cm³/mol. The van der Waals surface area contributed by atoms with Crippen LogP contribution in [0.2, 0.25) is 0 Å². The molecule has 30 heavy (non-hydrogen) atoms. The first-order chi connectivity index (χ1) is 14.5. The third-order valence-electron chi connectivity index (χ3n) is 3.70. The number of non-ortho nitro benzene ring substituents is 1. The summed E-state index contributed by atoms with van der Waals surface area (Å²) in [7, 11) is 0. The van der Waals surface area contributed by atoms with Crippen LogP contribution >= 0.6 is 11.8 Å². The molecule has 3 rings (SSSR count). The summed E-state index contributed by atoms with van der Waals surface area (Å²) >= 11 is 0.905. The molecule has 2 aromatic carbocycles. The van der Waals surface area contributed by atoms with Crippen LogP contribution in [0.5, 0.6) is 0 Å². The topological polar surface area (TPSA) is 137 Å². The second-order valence-corrected chi connectivity index (χ2v) is 6.82. The number of tetrazole rings is 1. The Balaban J connectivity index is 1.87. The van der Waals surface area contributed by atoms with Gasteiger partial charge < -0.3 is 4.74 Å². The number of ether oxygens (including phenoxy) is 1. The van der Waals surface area contributed by atoms with Gasteiger partial charge in [-0.15, -0.1) is 5.10 Å². The average molecular weight is 427 g/mol. The molecule has 0 saturated heterocycles. The van der Waals surface area contributed by atoms with E-state index in [0.717, 1.165) is 17.3 Å². The van der Waals surface area contributed by atoms with Gasteiger partial charge in [0, 0.05) is 12.1 Å². The van der Waals surface area contributed by atoms with Crippen LogP contribution in [0.25, 0.3) is 5.69 Å². The first-order valence-electron chi connectivity index (χ1n) is 8.76. The minimum Gasteiger partial charge on any atom is -0.461 e. The number of aryl methyl sites for hydroxylation is 1. The molecule has 0 saturated carbocycles. The lowest BCUT2D eigenvalue weighted by atomic mass is 10.2. The first-order valence-corrected chi connectivity index (χ1v) is 9.58. The molecule has 1 heterocycles. The van der Waals surface area contributed by atoms with Crippen molar-refractivity contribution in [3.8, 4) is 5.69 Å². The van der Waals surface area contributed by atoms with Gasteiger partial charge in [-0.25, -0.2) is 4.79 Å². The van der Waals surface area contributed by atoms with Crippen molar-refractivity contribution in [1.82, 2.24) is 20.2 Å². The van der Waals surface area contributed by atoms with E-state index >= 15 is 0 Å². The number of nitro benzene ring substituents is 1. The zero-order valence-electron chi connectivity index (χ0n) is 16.1. The predicted octanol–water partition coefficient (Wildman–Crippen LogP) is 2.96. The van der Waals surface area contributed by atoms with Crippen molar-refractivity contribution in [2.75, 3.05) is 12.0 Å². The van der Waals surface area contributed by atoms with E-state index in [1.54, 1.807) is 13.0 Å². The van der Waals surface area contributed by atoms with Crippen LogP contribution in [0.1, 0.15) is 12.5 Å². The molecule has 12 heteroatoms. The van der Waals surface area contributed by atoms with Crippen molar-refractivity contribution >= 4 is 34.1 Å². The third kappa shape index (κ3) is 5.17. The Morgan fingerprint density at radius 3 is 2.77 bits per heavy atom. The number of aromatic nitrogens is 4. The Labute approximate surface area is 175 Å². The number of anilines is 1. The van der Waals surface area contributed by atoms with Gasteiger partial charge in [0.1, 0.15) is 0 Å². The summed E-state index contributed by atoms with van der Waals surface area (Å²) in [6.07, 6.45) is 0. The van der Waals surface area contributed by atoms with Gasteiger partial charge in [0.25, 0.3) is 5.69 Å². The molecule has 1 N–H and O–H groups in total. The van der Waals surface area contributed by atoms with Crippen LogP contribution in [-0.2, 0) is 9.53 Å². The summed E-state index contributed by atoms with van der Waals surface area (Å²) in [6, 6.07) is 13.3. The monoisotopic (exact) mass is 427 g/mol. The number of carbonyl (C=O) groups is 1. The number of hydrogen-bond donors (Lipinski definition) is 1. The lowest BCUT2D eigenvalue weighted by Crippen LogP contribution is -2.17. The minimum absolute atomic E-state index is 0.0634. The molecule has 0 bridgehead atoms. The van der Waals surface area contributed by atoms with Crippen molar-refractivity contribution in [1.29, 1.82) is 0 Å². The van der Waals surface area contributed by atoms with Crippen molar-refractivity contribution in [2.24, 2.45) is 5.10 Å². The van der Waals surface area contributed by atoms with Crippen molar-refractivity contribution in [3.63, 3.8) is 0 Å². The summed E-state index contributed by atoms with van der Waals surface area (Å²) in [6.45, 7) is 3.78. The highest BCUT2D eigenvalue weighted by atomic mass is 32.2. The number of rotatable bonds is 6. The Hall–Kier alpha value is -3.80. The molecule has 0 spiro atoms. The second-order valence-electron chi connectivity index (χ2n) is 5.87. The number of nitro groups is 1. The number of thioether (sulfide) groups is 1. The zero-order valence-corrected chi connectivity index (χ0v) is 16.9. The van der Waals surface area contributed by atoms with E-state index in [2.05, 4.69) is 26.1 Å². The van der Waals surface area contributed by atoms with Gasteiger partial charge in [0.05, 0.1) is 22.9 Å². The molecule has 0 amide bonds. The number of esters is 1. The fourth-order valence-corrected chi connectivity index (χ4v) is 3.00. The summed E-state index contributed by atoms with van der Waals surface area (Å²) < 4.78 is 6.51. The molecule has 11 nitrogen and oxygen atoms in total. The highest BCUT2D eigenvalue weighted by molar-refractivity contribution is 8.15. The molecular weight excluding hydrogens is 410 g/mol. The standard InChI is InChI=1S/C18H17N7O4S/c1-3-29-17(26)16(20-19-13-5-4-6-15(11-13)25(27)28)30-18-21-22-23-24(18)14-9-7-12(2)8-10-14/h4-11,19H,3H2,1-2H3/b20-16-. The van der Waals surface area contributed by atoms with Crippen LogP contribution < -0.4 is 5.43 Å². The molecule has 0 aliphatic heterocycles. The summed E-state index contributed by atoms with van der Waals surface area (Å²) in [5, 5.41) is 26.8. The Bertz CT molecular complexity index is 1080. The number of hydrazone groups is 1. The fourth-order valence-electron chi connectivity index (χ4n) is 2.28. The minimum atomic E-state index is -0.682. The van der Waals surface area contributed by atoms with Gasteiger partial charge in [-0.3, -0.25) is 15.5 Å². The Morgan fingerprint density at radius 1 is 1.30 bits per heavy atom. The molecule has 0 atom stereocenters. The van der Waals surface area contributed by atoms with Crippen LogP contribution in [-0.4, -0.2) is 42.8 Å². The summed E-state index contributed by atoms with van der Waals surface area (Å²) in [5.74, 6) is -0.682. The number of carbonyl (C=O) groups excluding carboxylic acids is 1. The van der Waals surface area contributed by atoms with Gasteiger partial charge in [-0.1, -0.05) is 23.8 Å². The van der Waals surface area contributed by atoms with Crippen LogP contribution in [0.3, 0.4) is 0 Å². The second kappa shape index (κ2) is 9.60. The quantitative estimate of drug-likeness (QED) is 0.157. The van der Waals surface area contributed by atoms with Gasteiger partial charge in [0.15, 0.2) is 0 Å². The largest absolute Gasteiger partial charge is 0.461 e. The lowest BCUT2D eigenvalue weighted by Gasteiger charge is -2.07. The first kappa shape index (κ1) is 20.9. The Morgan fingerprint density at radius 2 is 2.07 bits per heavy atom. The van der Waals surface area contributed by atoms with E-state index in [-0.39, 0.29) is 17.3 Å². The van der Waals surface area contributed by atoms with Crippen LogP contribution in [0.15, 0.2) is 58.8 Å². The molecule has 154 valence electrons. The number of benzene rings is 2. The van der Waals surface area contributed by atoms with E-state index in [0.29, 0.717) is 16.5 Å². The molecule has 3 aromatic rings. The number of nitrogens with one attached hydrogen (secondary N) is 1. The lowest BCUT2D eigenvalue weighted by molar-refractivity contribution is -0.384. The SMILES string of the molecule is CCOC(=O)/C(=N/Nc1cccc([N+](=O)[O-])c1)Sc1nnnn1-c1ccc(C)cc1. The highest BCUT2D eigenvalue weighted by Gasteiger charge is 2.20. The van der Waals surface area contributed by atoms with Crippen molar-refractivity contribution in [3.05, 3.63) is 64.2 Å². The molecule has 1 aromatic heterocycles. The molecule has 0 aliphatic carbocycles. The third-order valence-corrected chi connectivity index (χ3v) is 4.59. The molecule has 0 fully saturated rings. The maximum absolute atomic E-state index is 12.4. The van der Waals surface area contributed by atoms with Gasteiger partial charge in [-0.05, 0) is 54.2 Å². The van der Waals surface area contributed by atoms with Gasteiger partial charge in [0.2, 0.25) is 10.2 Å². The molecule has 0 radical (unpaired) electrons. The molecule has 0 aliphatic rings.